The van der Waals surface area contributed by atoms with Gasteiger partial charge < -0.3 is 19.9 Å². The second kappa shape index (κ2) is 6.46. The van der Waals surface area contributed by atoms with Crippen LogP contribution in [0.3, 0.4) is 0 Å². The molecule has 0 amide bonds. The number of nitrogens with zero attached hydrogens (tertiary/aromatic N) is 5. The molecule has 0 saturated carbocycles. The molecule has 0 atom stereocenters. The molecule has 1 aliphatic rings. The molecule has 1 aromatic rings. The molecule has 2 heterocycles. The maximum atomic E-state index is 5.30. The van der Waals surface area contributed by atoms with E-state index in [9.17, 15) is 0 Å². The highest BCUT2D eigenvalue weighted by Crippen LogP contribution is 2.10. The van der Waals surface area contributed by atoms with Gasteiger partial charge >= 0.3 is 0 Å². The molecule has 1 aromatic heterocycles. The molecule has 0 aromatic carbocycles. The molecule has 0 unspecified atom stereocenters. The van der Waals surface area contributed by atoms with E-state index in [0.29, 0.717) is 5.95 Å². The predicted molar refractivity (Wildman–Crippen MR) is 69.9 cm³/mol. The van der Waals surface area contributed by atoms with E-state index in [1.807, 2.05) is 14.1 Å². The number of morpholine rings is 1. The first-order valence-electron chi connectivity index (χ1n) is 6.17. The van der Waals surface area contributed by atoms with Crippen LogP contribution < -0.4 is 10.2 Å². The van der Waals surface area contributed by atoms with Crippen molar-refractivity contribution >= 4 is 11.8 Å². The number of ether oxygens (including phenoxy) is 1. The molecule has 2 rings (SSSR count). The number of anilines is 2. The molecule has 0 aliphatic carbocycles. The van der Waals surface area contributed by atoms with Crippen molar-refractivity contribution in [1.29, 1.82) is 0 Å². The van der Waals surface area contributed by atoms with Crippen LogP contribution in [0, 0.1) is 0 Å². The Kier molecular flexibility index (Phi) is 4.66. The summed E-state index contributed by atoms with van der Waals surface area (Å²) in [6, 6.07) is 0. The van der Waals surface area contributed by atoms with Crippen LogP contribution in [0.4, 0.5) is 11.8 Å². The third-order valence-corrected chi connectivity index (χ3v) is 2.71. The standard InChI is InChI=1S/C11H20N6O/c1-16(2)4-3-12-10-9-13-15-11(14-10)17-5-7-18-8-6-17/h9H,3-8H2,1-2H3,(H,12,14,15). The highest BCUT2D eigenvalue weighted by Gasteiger charge is 2.14. The van der Waals surface area contributed by atoms with Gasteiger partial charge in [-0.1, -0.05) is 0 Å². The first kappa shape index (κ1) is 13.0. The van der Waals surface area contributed by atoms with Gasteiger partial charge in [0.2, 0.25) is 5.95 Å². The highest BCUT2D eigenvalue weighted by molar-refractivity contribution is 5.39. The summed E-state index contributed by atoms with van der Waals surface area (Å²) in [6.45, 7) is 4.89. The van der Waals surface area contributed by atoms with E-state index in [4.69, 9.17) is 4.74 Å². The Labute approximate surface area is 107 Å². The Morgan fingerprint density at radius 1 is 1.39 bits per heavy atom. The van der Waals surface area contributed by atoms with Crippen molar-refractivity contribution in [3.05, 3.63) is 6.20 Å². The van der Waals surface area contributed by atoms with E-state index in [1.165, 1.54) is 0 Å². The summed E-state index contributed by atoms with van der Waals surface area (Å²) in [5, 5.41) is 11.3. The average molecular weight is 252 g/mol. The van der Waals surface area contributed by atoms with Gasteiger partial charge in [-0.3, -0.25) is 0 Å². The van der Waals surface area contributed by atoms with Crippen molar-refractivity contribution in [2.24, 2.45) is 0 Å². The van der Waals surface area contributed by atoms with Crippen LogP contribution in [0.15, 0.2) is 6.20 Å². The Bertz CT molecular complexity index is 366. The van der Waals surface area contributed by atoms with Crippen LogP contribution in [-0.4, -0.2) is 73.6 Å². The van der Waals surface area contributed by atoms with Crippen molar-refractivity contribution in [3.63, 3.8) is 0 Å². The van der Waals surface area contributed by atoms with E-state index in [-0.39, 0.29) is 0 Å². The van der Waals surface area contributed by atoms with Crippen LogP contribution in [-0.2, 0) is 4.74 Å². The topological polar surface area (TPSA) is 66.4 Å². The molecule has 0 spiro atoms. The minimum Gasteiger partial charge on any atom is -0.378 e. The molecule has 7 heteroatoms. The van der Waals surface area contributed by atoms with Crippen LogP contribution in [0.5, 0.6) is 0 Å². The van der Waals surface area contributed by atoms with Crippen molar-refractivity contribution in [1.82, 2.24) is 20.1 Å². The number of rotatable bonds is 5. The number of hydrogen-bond donors (Lipinski definition) is 1. The maximum Gasteiger partial charge on any atom is 0.247 e. The highest BCUT2D eigenvalue weighted by atomic mass is 16.5. The monoisotopic (exact) mass is 252 g/mol. The van der Waals surface area contributed by atoms with Gasteiger partial charge in [0, 0.05) is 26.2 Å². The lowest BCUT2D eigenvalue weighted by molar-refractivity contribution is 0.122. The summed E-state index contributed by atoms with van der Waals surface area (Å²) in [5.41, 5.74) is 0. The number of aromatic nitrogens is 3. The quantitative estimate of drug-likeness (QED) is 0.770. The summed E-state index contributed by atoms with van der Waals surface area (Å²) in [4.78, 5) is 8.67. The third-order valence-electron chi connectivity index (χ3n) is 2.71. The van der Waals surface area contributed by atoms with E-state index >= 15 is 0 Å². The smallest absolute Gasteiger partial charge is 0.247 e. The molecule has 0 radical (unpaired) electrons. The van der Waals surface area contributed by atoms with Gasteiger partial charge in [0.1, 0.15) is 0 Å². The predicted octanol–water partition coefficient (Wildman–Crippen LogP) is -0.318. The molecule has 1 saturated heterocycles. The van der Waals surface area contributed by atoms with E-state index in [0.717, 1.165) is 45.2 Å². The third kappa shape index (κ3) is 3.78. The molecular weight excluding hydrogens is 232 g/mol. The second-order valence-electron chi connectivity index (χ2n) is 4.47. The van der Waals surface area contributed by atoms with Crippen LogP contribution in [0.1, 0.15) is 0 Å². The van der Waals surface area contributed by atoms with Crippen LogP contribution in [0.2, 0.25) is 0 Å². The lowest BCUT2D eigenvalue weighted by Gasteiger charge is -2.26. The van der Waals surface area contributed by atoms with E-state index in [1.54, 1.807) is 6.20 Å². The minimum atomic E-state index is 0.674. The largest absolute Gasteiger partial charge is 0.378 e. The van der Waals surface area contributed by atoms with Crippen LogP contribution in [0.25, 0.3) is 0 Å². The van der Waals surface area contributed by atoms with Crippen LogP contribution >= 0.6 is 0 Å². The summed E-state index contributed by atoms with van der Waals surface area (Å²) in [5.74, 6) is 1.45. The fourth-order valence-corrected chi connectivity index (χ4v) is 1.68. The first-order chi connectivity index (χ1) is 8.75. The van der Waals surface area contributed by atoms with Gasteiger partial charge in [-0.2, -0.15) is 10.1 Å². The SMILES string of the molecule is CN(C)CCNc1cnnc(N2CCOCC2)n1. The Balaban J connectivity index is 1.91. The molecule has 100 valence electrons. The van der Waals surface area contributed by atoms with E-state index in [2.05, 4.69) is 30.3 Å². The average Bonchev–Trinajstić information content (AvgIpc) is 2.40. The lowest BCUT2D eigenvalue weighted by Crippen LogP contribution is -2.37. The Morgan fingerprint density at radius 2 is 2.17 bits per heavy atom. The summed E-state index contributed by atoms with van der Waals surface area (Å²) in [7, 11) is 4.08. The van der Waals surface area contributed by atoms with Gasteiger partial charge in [-0.15, -0.1) is 5.10 Å². The van der Waals surface area contributed by atoms with Gasteiger partial charge in [-0.25, -0.2) is 0 Å². The Morgan fingerprint density at radius 3 is 2.89 bits per heavy atom. The molecule has 1 aliphatic heterocycles. The fraction of sp³-hybridized carbons (Fsp3) is 0.727. The molecule has 18 heavy (non-hydrogen) atoms. The van der Waals surface area contributed by atoms with Crippen molar-refractivity contribution in [3.8, 4) is 0 Å². The minimum absolute atomic E-state index is 0.674. The molecular formula is C11H20N6O. The van der Waals surface area contributed by atoms with E-state index < -0.39 is 0 Å². The normalized spacial score (nSPS) is 16.1. The molecule has 1 N–H and O–H groups in total. The van der Waals surface area contributed by atoms with Gasteiger partial charge in [0.25, 0.3) is 0 Å². The summed E-state index contributed by atoms with van der Waals surface area (Å²) >= 11 is 0. The summed E-state index contributed by atoms with van der Waals surface area (Å²) in [6.07, 6.45) is 1.65. The lowest BCUT2D eigenvalue weighted by atomic mass is 10.4. The molecule has 0 bridgehead atoms. The number of nitrogens with one attached hydrogen (secondary N) is 1. The number of likely N-dealkylation sites (N-methyl/N-ethyl adjacent to an activating group) is 1. The molecule has 1 fully saturated rings. The molecule has 7 nitrogen and oxygen atoms in total. The number of hydrogen-bond acceptors (Lipinski definition) is 7. The van der Waals surface area contributed by atoms with Crippen molar-refractivity contribution < 1.29 is 4.74 Å². The zero-order chi connectivity index (χ0) is 12.8. The fourth-order valence-electron chi connectivity index (χ4n) is 1.68. The van der Waals surface area contributed by atoms with Crippen molar-refractivity contribution in [2.45, 2.75) is 0 Å². The van der Waals surface area contributed by atoms with Gasteiger partial charge in [0.15, 0.2) is 5.82 Å². The first-order valence-corrected chi connectivity index (χ1v) is 6.17. The zero-order valence-corrected chi connectivity index (χ0v) is 11.0. The maximum absolute atomic E-state index is 5.30. The summed E-state index contributed by atoms with van der Waals surface area (Å²) < 4.78 is 5.30. The second-order valence-corrected chi connectivity index (χ2v) is 4.47. The Hall–Kier alpha value is -1.47. The van der Waals surface area contributed by atoms with Gasteiger partial charge in [-0.05, 0) is 14.1 Å². The van der Waals surface area contributed by atoms with Crippen molar-refractivity contribution in [2.75, 3.05) is 63.7 Å². The van der Waals surface area contributed by atoms with Gasteiger partial charge in [0.05, 0.1) is 19.4 Å². The zero-order valence-electron chi connectivity index (χ0n) is 11.0.